The van der Waals surface area contributed by atoms with E-state index >= 15 is 0 Å². The van der Waals surface area contributed by atoms with Crippen LogP contribution in [-0.4, -0.2) is 76.0 Å². The Hall–Kier alpha value is -2.28. The summed E-state index contributed by atoms with van der Waals surface area (Å²) in [6, 6.07) is 4.47. The highest BCUT2D eigenvalue weighted by atomic mass is 32.1. The Bertz CT molecular complexity index is 948. The molecule has 5 rings (SSSR count). The second kappa shape index (κ2) is 7.76. The van der Waals surface area contributed by atoms with Crippen molar-refractivity contribution in [1.82, 2.24) is 24.1 Å². The van der Waals surface area contributed by atoms with Crippen molar-refractivity contribution < 1.29 is 0 Å². The molecule has 3 aliphatic rings. The summed E-state index contributed by atoms with van der Waals surface area (Å²) in [5.74, 6) is 2.24. The Morgan fingerprint density at radius 1 is 1.27 bits per heavy atom. The molecule has 1 saturated carbocycles. The Morgan fingerprint density at radius 2 is 2.03 bits per heavy atom. The van der Waals surface area contributed by atoms with Crippen LogP contribution in [-0.2, 0) is 0 Å². The van der Waals surface area contributed by atoms with E-state index in [9.17, 15) is 5.26 Å². The van der Waals surface area contributed by atoms with Crippen molar-refractivity contribution in [2.75, 3.05) is 56.5 Å². The first-order valence-electron chi connectivity index (χ1n) is 10.7. The van der Waals surface area contributed by atoms with Crippen LogP contribution in [0.5, 0.6) is 0 Å². The van der Waals surface area contributed by atoms with Crippen LogP contribution in [0, 0.1) is 18.3 Å². The topological polar surface area (TPSA) is 84.2 Å². The van der Waals surface area contributed by atoms with Crippen LogP contribution in [0.4, 0.5) is 16.8 Å². The van der Waals surface area contributed by atoms with Gasteiger partial charge in [-0.2, -0.15) is 14.6 Å². The van der Waals surface area contributed by atoms with Crippen molar-refractivity contribution in [1.29, 1.82) is 5.26 Å². The van der Waals surface area contributed by atoms with Gasteiger partial charge in [-0.1, -0.05) is 0 Å². The first-order chi connectivity index (χ1) is 14.6. The Labute approximate surface area is 181 Å². The number of aryl methyl sites for hydroxylation is 1. The molecule has 0 atom stereocenters. The molecule has 2 saturated heterocycles. The van der Waals surface area contributed by atoms with E-state index < -0.39 is 0 Å². The average Bonchev–Trinajstić information content (AvgIpc) is 3.47. The smallest absolute Gasteiger partial charge is 0.229 e. The molecule has 2 aliphatic heterocycles. The summed E-state index contributed by atoms with van der Waals surface area (Å²) in [4.78, 5) is 16.7. The number of hydrogen-bond acceptors (Lipinski definition) is 9. The van der Waals surface area contributed by atoms with Crippen LogP contribution < -0.4 is 10.2 Å². The van der Waals surface area contributed by atoms with E-state index in [1.54, 1.807) is 0 Å². The SMILES string of the molecule is Cc1cc(Nc2ncc(C3CC3)c(N3CC(CC#N)(N4CCN(C)CC4)C3)n2)sn1. The summed E-state index contributed by atoms with van der Waals surface area (Å²) in [6.07, 6.45) is 5.00. The number of nitrogens with one attached hydrogen (secondary N) is 1. The molecule has 0 amide bonds. The van der Waals surface area contributed by atoms with Gasteiger partial charge in [-0.3, -0.25) is 4.90 Å². The van der Waals surface area contributed by atoms with E-state index in [1.165, 1.54) is 29.9 Å². The lowest BCUT2D eigenvalue weighted by Gasteiger charge is -2.57. The average molecular weight is 425 g/mol. The van der Waals surface area contributed by atoms with Gasteiger partial charge in [0, 0.05) is 51.0 Å². The highest BCUT2D eigenvalue weighted by Crippen LogP contribution is 2.46. The van der Waals surface area contributed by atoms with Crippen LogP contribution in [0.25, 0.3) is 0 Å². The summed E-state index contributed by atoms with van der Waals surface area (Å²) in [7, 11) is 2.17. The molecule has 0 radical (unpaired) electrons. The maximum Gasteiger partial charge on any atom is 0.229 e. The standard InChI is InChI=1S/C21H28N8S/c1-15-11-18(30-26-15)24-20-23-12-17(16-3-4-16)19(25-20)28-13-21(14-28,5-6-22)29-9-7-27(2)8-10-29/h11-12,16H,3-5,7-10,13-14H2,1-2H3,(H,23,24,25). The summed E-state index contributed by atoms with van der Waals surface area (Å²) < 4.78 is 4.32. The molecule has 0 bridgehead atoms. The molecule has 2 aromatic heterocycles. The molecule has 1 aliphatic carbocycles. The Morgan fingerprint density at radius 3 is 2.67 bits per heavy atom. The third-order valence-corrected chi connectivity index (χ3v) is 7.32. The minimum atomic E-state index is -0.0514. The van der Waals surface area contributed by atoms with Crippen LogP contribution >= 0.6 is 11.5 Å². The van der Waals surface area contributed by atoms with Crippen molar-refractivity contribution in [3.05, 3.63) is 23.5 Å². The number of aromatic nitrogens is 3. The minimum absolute atomic E-state index is 0.0514. The highest BCUT2D eigenvalue weighted by molar-refractivity contribution is 7.10. The normalized spacial score (nSPS) is 21.8. The van der Waals surface area contributed by atoms with E-state index in [2.05, 4.69) is 42.5 Å². The van der Waals surface area contributed by atoms with Gasteiger partial charge in [0.25, 0.3) is 0 Å². The van der Waals surface area contributed by atoms with E-state index in [-0.39, 0.29) is 5.54 Å². The maximum atomic E-state index is 9.52. The maximum absolute atomic E-state index is 9.52. The first kappa shape index (κ1) is 19.7. The minimum Gasteiger partial charge on any atom is -0.352 e. The molecule has 9 heteroatoms. The number of rotatable bonds is 6. The molecular weight excluding hydrogens is 396 g/mol. The van der Waals surface area contributed by atoms with Gasteiger partial charge in [0.1, 0.15) is 10.8 Å². The van der Waals surface area contributed by atoms with Crippen LogP contribution in [0.3, 0.4) is 0 Å². The molecule has 30 heavy (non-hydrogen) atoms. The predicted octanol–water partition coefficient (Wildman–Crippen LogP) is 2.58. The zero-order chi connectivity index (χ0) is 20.7. The number of hydrogen-bond donors (Lipinski definition) is 1. The van der Waals surface area contributed by atoms with Gasteiger partial charge in [-0.15, -0.1) is 0 Å². The molecule has 3 fully saturated rings. The van der Waals surface area contributed by atoms with Crippen LogP contribution in [0.15, 0.2) is 12.3 Å². The molecule has 0 spiro atoms. The lowest BCUT2D eigenvalue weighted by atomic mass is 9.83. The van der Waals surface area contributed by atoms with Gasteiger partial charge in [0.15, 0.2) is 0 Å². The fraction of sp³-hybridized carbons (Fsp3) is 0.619. The number of nitrogens with zero attached hydrogens (tertiary/aromatic N) is 7. The van der Waals surface area contributed by atoms with Crippen molar-refractivity contribution >= 4 is 28.3 Å². The molecule has 158 valence electrons. The quantitative estimate of drug-likeness (QED) is 0.758. The van der Waals surface area contributed by atoms with E-state index in [4.69, 9.17) is 4.98 Å². The first-order valence-corrected chi connectivity index (χ1v) is 11.5. The zero-order valence-corrected chi connectivity index (χ0v) is 18.5. The van der Waals surface area contributed by atoms with Crippen LogP contribution in [0.2, 0.25) is 0 Å². The van der Waals surface area contributed by atoms with Crippen molar-refractivity contribution in [2.24, 2.45) is 0 Å². The van der Waals surface area contributed by atoms with Crippen molar-refractivity contribution in [3.63, 3.8) is 0 Å². The number of nitriles is 1. The molecule has 0 aromatic carbocycles. The monoisotopic (exact) mass is 424 g/mol. The lowest BCUT2D eigenvalue weighted by Crippen LogP contribution is -2.72. The van der Waals surface area contributed by atoms with Crippen molar-refractivity contribution in [2.45, 2.75) is 37.6 Å². The van der Waals surface area contributed by atoms with E-state index in [1.807, 2.05) is 19.2 Å². The van der Waals surface area contributed by atoms with Gasteiger partial charge >= 0.3 is 0 Å². The van der Waals surface area contributed by atoms with Crippen LogP contribution in [0.1, 0.15) is 36.4 Å². The van der Waals surface area contributed by atoms with Gasteiger partial charge in [-0.05, 0) is 50.3 Å². The van der Waals surface area contributed by atoms with E-state index in [0.29, 0.717) is 18.3 Å². The number of piperazine rings is 1. The van der Waals surface area contributed by atoms with Gasteiger partial charge in [-0.25, -0.2) is 4.98 Å². The fourth-order valence-corrected chi connectivity index (χ4v) is 5.23. The third kappa shape index (κ3) is 3.75. The van der Waals surface area contributed by atoms with Gasteiger partial charge in [0.2, 0.25) is 5.95 Å². The Kier molecular flexibility index (Phi) is 5.09. The predicted molar refractivity (Wildman–Crippen MR) is 118 cm³/mol. The summed E-state index contributed by atoms with van der Waals surface area (Å²) >= 11 is 1.43. The molecule has 4 heterocycles. The van der Waals surface area contributed by atoms with Gasteiger partial charge in [0.05, 0.1) is 23.7 Å². The molecule has 1 N–H and O–H groups in total. The zero-order valence-electron chi connectivity index (χ0n) is 17.6. The molecular formula is C21H28N8S. The lowest BCUT2D eigenvalue weighted by molar-refractivity contribution is 0.0218. The largest absolute Gasteiger partial charge is 0.352 e. The van der Waals surface area contributed by atoms with Crippen molar-refractivity contribution in [3.8, 4) is 6.07 Å². The molecule has 0 unspecified atom stereocenters. The second-order valence-electron chi connectivity index (χ2n) is 8.91. The second-order valence-corrected chi connectivity index (χ2v) is 9.71. The summed E-state index contributed by atoms with van der Waals surface area (Å²) in [5.41, 5.74) is 2.20. The number of likely N-dealkylation sites (N-methyl/N-ethyl adjacent to an activating group) is 1. The third-order valence-electron chi connectivity index (χ3n) is 6.53. The summed E-state index contributed by atoms with van der Waals surface area (Å²) in [5, 5.41) is 13.8. The van der Waals surface area contributed by atoms with E-state index in [0.717, 1.165) is 55.8 Å². The van der Waals surface area contributed by atoms with Gasteiger partial charge < -0.3 is 15.1 Å². The Balaban J connectivity index is 1.36. The fourth-order valence-electron chi connectivity index (χ4n) is 4.58. The summed E-state index contributed by atoms with van der Waals surface area (Å²) in [6.45, 7) is 7.90. The highest BCUT2D eigenvalue weighted by Gasteiger charge is 2.49. The molecule has 8 nitrogen and oxygen atoms in total. The number of anilines is 3. The molecule has 2 aromatic rings.